The van der Waals surface area contributed by atoms with E-state index in [1.807, 2.05) is 6.08 Å². The Bertz CT molecular complexity index is 444. The van der Waals surface area contributed by atoms with Gasteiger partial charge >= 0.3 is 0 Å². The van der Waals surface area contributed by atoms with Crippen molar-refractivity contribution in [3.05, 3.63) is 35.1 Å². The van der Waals surface area contributed by atoms with Crippen LogP contribution in [-0.2, 0) is 4.79 Å². The van der Waals surface area contributed by atoms with Crippen LogP contribution in [0.2, 0.25) is 0 Å². The highest BCUT2D eigenvalue weighted by atomic mass is 16.1. The molecule has 0 radical (unpaired) electrons. The number of allylic oxidation sites excluding steroid dienone is 2. The summed E-state index contributed by atoms with van der Waals surface area (Å²) in [6, 6.07) is 0. The van der Waals surface area contributed by atoms with Gasteiger partial charge in [-0.15, -0.1) is 0 Å². The van der Waals surface area contributed by atoms with Crippen molar-refractivity contribution >= 4 is 5.91 Å². The minimum atomic E-state index is -0.0659. The first-order valence-corrected chi connectivity index (χ1v) is 6.33. The van der Waals surface area contributed by atoms with Crippen LogP contribution in [0.1, 0.15) is 13.8 Å². The maximum atomic E-state index is 11.5. The number of carbonyl (C=O) groups excluding carboxylic acids is 1. The van der Waals surface area contributed by atoms with Crippen LogP contribution in [0.15, 0.2) is 35.1 Å². The van der Waals surface area contributed by atoms with Crippen LogP contribution in [-0.4, -0.2) is 32.6 Å². The first kappa shape index (κ1) is 12.9. The first-order valence-electron chi connectivity index (χ1n) is 6.33. The zero-order valence-corrected chi connectivity index (χ0v) is 11.3. The van der Waals surface area contributed by atoms with Crippen molar-refractivity contribution in [3.63, 3.8) is 0 Å². The summed E-state index contributed by atoms with van der Waals surface area (Å²) in [5.41, 5.74) is 3.42. The van der Waals surface area contributed by atoms with E-state index in [4.69, 9.17) is 0 Å². The van der Waals surface area contributed by atoms with Crippen molar-refractivity contribution in [1.29, 1.82) is 0 Å². The molecule has 0 spiro atoms. The highest BCUT2D eigenvalue weighted by molar-refractivity contribution is 5.93. The molecule has 0 aromatic heterocycles. The van der Waals surface area contributed by atoms with Crippen molar-refractivity contribution in [2.75, 3.05) is 26.7 Å². The average Bonchev–Trinajstić information content (AvgIpc) is 2.37. The third-order valence-corrected chi connectivity index (χ3v) is 3.48. The van der Waals surface area contributed by atoms with E-state index in [1.165, 1.54) is 11.1 Å². The zero-order chi connectivity index (χ0) is 13.2. The SMILES string of the molecule is CNC(=O)C1=CC=C(C2=CCNCC2(C)C)CN1. The number of amides is 1. The molecule has 4 nitrogen and oxygen atoms in total. The van der Waals surface area contributed by atoms with Crippen LogP contribution < -0.4 is 16.0 Å². The van der Waals surface area contributed by atoms with Crippen LogP contribution >= 0.6 is 0 Å². The van der Waals surface area contributed by atoms with Gasteiger partial charge in [-0.25, -0.2) is 0 Å². The molecule has 3 N–H and O–H groups in total. The van der Waals surface area contributed by atoms with Gasteiger partial charge in [-0.3, -0.25) is 4.79 Å². The van der Waals surface area contributed by atoms with Crippen LogP contribution in [0, 0.1) is 5.41 Å². The minimum absolute atomic E-state index is 0.0659. The number of rotatable bonds is 2. The molecule has 0 aliphatic carbocycles. The smallest absolute Gasteiger partial charge is 0.267 e. The normalized spacial score (nSPS) is 22.3. The monoisotopic (exact) mass is 247 g/mol. The van der Waals surface area contributed by atoms with E-state index in [-0.39, 0.29) is 11.3 Å². The highest BCUT2D eigenvalue weighted by Gasteiger charge is 2.28. The molecule has 4 heteroatoms. The molecule has 1 amide bonds. The molecule has 0 bridgehead atoms. The summed E-state index contributed by atoms with van der Waals surface area (Å²) >= 11 is 0. The summed E-state index contributed by atoms with van der Waals surface area (Å²) in [5, 5.41) is 9.17. The van der Waals surface area contributed by atoms with E-state index < -0.39 is 0 Å². The van der Waals surface area contributed by atoms with Gasteiger partial charge in [-0.1, -0.05) is 26.0 Å². The van der Waals surface area contributed by atoms with E-state index in [0.29, 0.717) is 12.2 Å². The Kier molecular flexibility index (Phi) is 3.57. The Morgan fingerprint density at radius 1 is 1.39 bits per heavy atom. The van der Waals surface area contributed by atoms with Gasteiger partial charge in [-0.2, -0.15) is 0 Å². The lowest BCUT2D eigenvalue weighted by molar-refractivity contribution is -0.117. The lowest BCUT2D eigenvalue weighted by Crippen LogP contribution is -2.39. The molecular weight excluding hydrogens is 226 g/mol. The summed E-state index contributed by atoms with van der Waals surface area (Å²) in [6.45, 7) is 7.10. The second kappa shape index (κ2) is 4.98. The van der Waals surface area contributed by atoms with E-state index in [2.05, 4.69) is 41.9 Å². The first-order chi connectivity index (χ1) is 8.54. The molecule has 0 saturated heterocycles. The minimum Gasteiger partial charge on any atom is -0.377 e. The molecule has 2 heterocycles. The summed E-state index contributed by atoms with van der Waals surface area (Å²) in [5.74, 6) is -0.0659. The predicted octanol–water partition coefficient (Wildman–Crippen LogP) is 0.702. The van der Waals surface area contributed by atoms with Gasteiger partial charge in [0, 0.05) is 32.1 Å². The van der Waals surface area contributed by atoms with Crippen LogP contribution in [0.5, 0.6) is 0 Å². The van der Waals surface area contributed by atoms with Crippen molar-refractivity contribution in [1.82, 2.24) is 16.0 Å². The van der Waals surface area contributed by atoms with E-state index >= 15 is 0 Å². The number of hydrogen-bond donors (Lipinski definition) is 3. The molecule has 2 rings (SSSR count). The van der Waals surface area contributed by atoms with Gasteiger partial charge in [0.2, 0.25) is 0 Å². The van der Waals surface area contributed by atoms with E-state index in [0.717, 1.165) is 13.1 Å². The molecule has 0 saturated carbocycles. The predicted molar refractivity (Wildman–Crippen MR) is 73.0 cm³/mol. The van der Waals surface area contributed by atoms with Gasteiger partial charge < -0.3 is 16.0 Å². The molecule has 0 unspecified atom stereocenters. The summed E-state index contributed by atoms with van der Waals surface area (Å²) in [7, 11) is 1.64. The highest BCUT2D eigenvalue weighted by Crippen LogP contribution is 2.33. The quantitative estimate of drug-likeness (QED) is 0.673. The number of dihydropyridines is 1. The fourth-order valence-corrected chi connectivity index (χ4v) is 2.46. The van der Waals surface area contributed by atoms with Crippen molar-refractivity contribution in [2.24, 2.45) is 5.41 Å². The van der Waals surface area contributed by atoms with Crippen molar-refractivity contribution in [3.8, 4) is 0 Å². The molecular formula is C14H21N3O. The number of hydrogen-bond acceptors (Lipinski definition) is 3. The molecule has 0 aromatic rings. The molecule has 2 aliphatic rings. The zero-order valence-electron chi connectivity index (χ0n) is 11.3. The second-order valence-corrected chi connectivity index (χ2v) is 5.34. The number of nitrogens with one attached hydrogen (secondary N) is 3. The maximum absolute atomic E-state index is 11.5. The lowest BCUT2D eigenvalue weighted by Gasteiger charge is -2.34. The van der Waals surface area contributed by atoms with Crippen molar-refractivity contribution < 1.29 is 4.79 Å². The lowest BCUT2D eigenvalue weighted by atomic mass is 9.77. The third kappa shape index (κ3) is 2.48. The Morgan fingerprint density at radius 2 is 2.17 bits per heavy atom. The van der Waals surface area contributed by atoms with Gasteiger partial charge in [0.1, 0.15) is 5.70 Å². The molecule has 18 heavy (non-hydrogen) atoms. The Hall–Kier alpha value is -1.55. The largest absolute Gasteiger partial charge is 0.377 e. The van der Waals surface area contributed by atoms with Crippen LogP contribution in [0.3, 0.4) is 0 Å². The molecule has 98 valence electrons. The molecule has 0 atom stereocenters. The molecule has 0 aromatic carbocycles. The Morgan fingerprint density at radius 3 is 2.72 bits per heavy atom. The van der Waals surface area contributed by atoms with Crippen LogP contribution in [0.25, 0.3) is 0 Å². The summed E-state index contributed by atoms with van der Waals surface area (Å²) < 4.78 is 0. The standard InChI is InChI=1S/C14H21N3O/c1-14(2)9-16-7-6-11(14)10-4-5-12(17-8-10)13(18)15-3/h4-6,16-17H,7-9H2,1-3H3,(H,15,18). The molecule has 0 fully saturated rings. The maximum Gasteiger partial charge on any atom is 0.267 e. The molecule has 2 aliphatic heterocycles. The van der Waals surface area contributed by atoms with Crippen LogP contribution in [0.4, 0.5) is 0 Å². The average molecular weight is 247 g/mol. The second-order valence-electron chi connectivity index (χ2n) is 5.34. The Balaban J connectivity index is 2.21. The fourth-order valence-electron chi connectivity index (χ4n) is 2.46. The number of carbonyl (C=O) groups is 1. The summed E-state index contributed by atoms with van der Waals surface area (Å²) in [6.07, 6.45) is 6.16. The Labute approximate surface area is 108 Å². The summed E-state index contributed by atoms with van der Waals surface area (Å²) in [4.78, 5) is 11.5. The number of likely N-dealkylation sites (N-methyl/N-ethyl adjacent to an activating group) is 1. The van der Waals surface area contributed by atoms with E-state index in [1.54, 1.807) is 7.05 Å². The van der Waals surface area contributed by atoms with Gasteiger partial charge in [-0.05, 0) is 17.2 Å². The van der Waals surface area contributed by atoms with Gasteiger partial charge in [0.25, 0.3) is 5.91 Å². The third-order valence-electron chi connectivity index (χ3n) is 3.48. The van der Waals surface area contributed by atoms with E-state index in [9.17, 15) is 4.79 Å². The topological polar surface area (TPSA) is 53.2 Å². The fraction of sp³-hybridized carbons (Fsp3) is 0.500. The van der Waals surface area contributed by atoms with Gasteiger partial charge in [0.05, 0.1) is 0 Å². The van der Waals surface area contributed by atoms with Gasteiger partial charge in [0.15, 0.2) is 0 Å². The van der Waals surface area contributed by atoms with Crippen molar-refractivity contribution in [2.45, 2.75) is 13.8 Å².